The van der Waals surface area contributed by atoms with Gasteiger partial charge in [-0.25, -0.2) is 8.78 Å². The number of rotatable bonds is 3. The van der Waals surface area contributed by atoms with E-state index in [1.165, 1.54) is 40.2 Å². The average Bonchev–Trinajstić information content (AvgIpc) is 3.03. The maximum Gasteiger partial charge on any atom is 0.586 e. The first-order valence-corrected chi connectivity index (χ1v) is 9.32. The van der Waals surface area contributed by atoms with Crippen molar-refractivity contribution in [3.8, 4) is 11.5 Å². The Morgan fingerprint density at radius 1 is 0.871 bits per heavy atom. The number of alkyl halides is 2. The number of hydrogen-bond donors (Lipinski definition) is 0. The second-order valence-electron chi connectivity index (χ2n) is 6.98. The second kappa shape index (κ2) is 7.93. The summed E-state index contributed by atoms with van der Waals surface area (Å²) in [6.45, 7) is 0.958. The Labute approximate surface area is 174 Å². The number of hydrogen-bond acceptors (Lipinski definition) is 4. The standard InChI is InChI=1S/C21H16F4N2O4/c22-15-9-13(10-16(23)12-15)1-4-19(28)26-5-7-27(8-6-26)20(29)14-2-3-17-18(11-14)31-21(24,25)30-17/h1-4,9-12H,5-8H2/b4-1+. The van der Waals surface area contributed by atoms with Gasteiger partial charge in [0.1, 0.15) is 11.6 Å². The van der Waals surface area contributed by atoms with Crippen LogP contribution in [0.15, 0.2) is 42.5 Å². The largest absolute Gasteiger partial charge is 0.586 e. The highest BCUT2D eigenvalue weighted by atomic mass is 19.3. The Morgan fingerprint density at radius 3 is 2.16 bits per heavy atom. The predicted octanol–water partition coefficient (Wildman–Crippen LogP) is 3.28. The minimum Gasteiger partial charge on any atom is -0.395 e. The van der Waals surface area contributed by atoms with Gasteiger partial charge in [-0.2, -0.15) is 0 Å². The molecule has 0 spiro atoms. The van der Waals surface area contributed by atoms with E-state index in [4.69, 9.17) is 0 Å². The van der Waals surface area contributed by atoms with E-state index in [9.17, 15) is 27.2 Å². The summed E-state index contributed by atoms with van der Waals surface area (Å²) in [4.78, 5) is 28.0. The number of fused-ring (bicyclic) bond motifs is 1. The molecule has 6 nitrogen and oxygen atoms in total. The number of carbonyl (C=O) groups excluding carboxylic acids is 2. The number of amides is 2. The molecule has 0 radical (unpaired) electrons. The lowest BCUT2D eigenvalue weighted by Gasteiger charge is -2.34. The molecule has 1 fully saturated rings. The fourth-order valence-corrected chi connectivity index (χ4v) is 3.34. The van der Waals surface area contributed by atoms with E-state index in [1.807, 2.05) is 0 Å². The van der Waals surface area contributed by atoms with Crippen molar-refractivity contribution in [3.05, 3.63) is 65.2 Å². The van der Waals surface area contributed by atoms with Crippen LogP contribution in [-0.2, 0) is 4.79 Å². The van der Waals surface area contributed by atoms with Gasteiger partial charge in [-0.1, -0.05) is 0 Å². The summed E-state index contributed by atoms with van der Waals surface area (Å²) in [7, 11) is 0. The van der Waals surface area contributed by atoms with Crippen molar-refractivity contribution in [2.45, 2.75) is 6.29 Å². The predicted molar refractivity (Wildman–Crippen MR) is 101 cm³/mol. The van der Waals surface area contributed by atoms with Gasteiger partial charge in [-0.3, -0.25) is 9.59 Å². The van der Waals surface area contributed by atoms with Crippen molar-refractivity contribution >= 4 is 17.9 Å². The van der Waals surface area contributed by atoms with Crippen molar-refractivity contribution in [1.82, 2.24) is 9.80 Å². The summed E-state index contributed by atoms with van der Waals surface area (Å²) >= 11 is 0. The molecule has 0 atom stereocenters. The van der Waals surface area contributed by atoms with E-state index < -0.39 is 17.9 Å². The minimum absolute atomic E-state index is 0.151. The van der Waals surface area contributed by atoms with Gasteiger partial charge in [-0.15, -0.1) is 8.78 Å². The first-order chi connectivity index (χ1) is 14.7. The van der Waals surface area contributed by atoms with Crippen molar-refractivity contribution in [3.63, 3.8) is 0 Å². The average molecular weight is 436 g/mol. The number of halogens is 4. The highest BCUT2D eigenvalue weighted by Gasteiger charge is 2.43. The zero-order valence-electron chi connectivity index (χ0n) is 16.0. The van der Waals surface area contributed by atoms with Crippen LogP contribution in [0.5, 0.6) is 11.5 Å². The summed E-state index contributed by atoms with van der Waals surface area (Å²) in [5, 5.41) is 0. The number of ether oxygens (including phenoxy) is 2. The van der Waals surface area contributed by atoms with Crippen LogP contribution >= 0.6 is 0 Å². The molecule has 2 aromatic rings. The lowest BCUT2D eigenvalue weighted by molar-refractivity contribution is -0.286. The first kappa shape index (κ1) is 20.7. The third-order valence-electron chi connectivity index (χ3n) is 4.83. The van der Waals surface area contributed by atoms with Gasteiger partial charge in [0.15, 0.2) is 11.5 Å². The summed E-state index contributed by atoms with van der Waals surface area (Å²) in [5.41, 5.74) is 0.376. The fourth-order valence-electron chi connectivity index (χ4n) is 3.34. The highest BCUT2D eigenvalue weighted by Crippen LogP contribution is 2.41. The molecule has 1 saturated heterocycles. The molecule has 10 heteroatoms. The van der Waals surface area contributed by atoms with Crippen LogP contribution in [-0.4, -0.2) is 54.1 Å². The van der Waals surface area contributed by atoms with Crippen molar-refractivity contribution in [2.24, 2.45) is 0 Å². The molecule has 31 heavy (non-hydrogen) atoms. The molecule has 0 unspecified atom stereocenters. The van der Waals surface area contributed by atoms with Gasteiger partial charge in [0.05, 0.1) is 0 Å². The van der Waals surface area contributed by atoms with Gasteiger partial charge < -0.3 is 19.3 Å². The SMILES string of the molecule is O=C(/C=C/c1cc(F)cc(F)c1)N1CCN(C(=O)c2ccc3c(c2)OC(F)(F)O3)CC1. The zero-order chi connectivity index (χ0) is 22.2. The highest BCUT2D eigenvalue weighted by molar-refractivity contribution is 5.95. The number of benzene rings is 2. The van der Waals surface area contributed by atoms with E-state index in [0.717, 1.165) is 18.2 Å². The third kappa shape index (κ3) is 4.62. The van der Waals surface area contributed by atoms with Crippen LogP contribution in [0.1, 0.15) is 15.9 Å². The molecular weight excluding hydrogens is 420 g/mol. The van der Waals surface area contributed by atoms with Gasteiger partial charge in [0.25, 0.3) is 5.91 Å². The molecule has 2 aliphatic rings. The number of piperazine rings is 1. The van der Waals surface area contributed by atoms with E-state index in [1.54, 1.807) is 0 Å². The van der Waals surface area contributed by atoms with Crippen LogP contribution in [0, 0.1) is 11.6 Å². The molecule has 0 saturated carbocycles. The Balaban J connectivity index is 1.35. The van der Waals surface area contributed by atoms with Crippen LogP contribution in [0.3, 0.4) is 0 Å². The maximum atomic E-state index is 13.2. The Morgan fingerprint density at radius 2 is 1.48 bits per heavy atom. The molecule has 2 heterocycles. The molecule has 2 aromatic carbocycles. The third-order valence-corrected chi connectivity index (χ3v) is 4.83. The summed E-state index contributed by atoms with van der Waals surface area (Å²) in [5.74, 6) is -2.61. The van der Waals surface area contributed by atoms with Crippen LogP contribution < -0.4 is 9.47 Å². The fraction of sp³-hybridized carbons (Fsp3) is 0.238. The van der Waals surface area contributed by atoms with Gasteiger partial charge in [0, 0.05) is 43.9 Å². The summed E-state index contributed by atoms with van der Waals surface area (Å²) < 4.78 is 61.4. The monoisotopic (exact) mass is 436 g/mol. The summed E-state index contributed by atoms with van der Waals surface area (Å²) in [6, 6.07) is 6.74. The van der Waals surface area contributed by atoms with E-state index >= 15 is 0 Å². The van der Waals surface area contributed by atoms with Gasteiger partial charge in [-0.05, 0) is 42.0 Å². The molecule has 4 rings (SSSR count). The molecule has 0 bridgehead atoms. The van der Waals surface area contributed by atoms with Crippen molar-refractivity contribution in [1.29, 1.82) is 0 Å². The summed E-state index contributed by atoms with van der Waals surface area (Å²) in [6.07, 6.45) is -1.24. The maximum absolute atomic E-state index is 13.2. The molecule has 0 aliphatic carbocycles. The Kier molecular flexibility index (Phi) is 5.30. The first-order valence-electron chi connectivity index (χ1n) is 9.32. The van der Waals surface area contributed by atoms with Gasteiger partial charge in [0.2, 0.25) is 5.91 Å². The smallest absolute Gasteiger partial charge is 0.395 e. The molecule has 0 N–H and O–H groups in total. The van der Waals surface area contributed by atoms with Crippen molar-refractivity contribution < 1.29 is 36.6 Å². The van der Waals surface area contributed by atoms with E-state index in [2.05, 4.69) is 9.47 Å². The normalized spacial score (nSPS) is 17.3. The molecule has 162 valence electrons. The number of carbonyl (C=O) groups is 2. The molecule has 2 aliphatic heterocycles. The molecular formula is C21H16F4N2O4. The van der Waals surface area contributed by atoms with Gasteiger partial charge >= 0.3 is 6.29 Å². The zero-order valence-corrected chi connectivity index (χ0v) is 16.0. The lowest BCUT2D eigenvalue weighted by Crippen LogP contribution is -2.50. The van der Waals surface area contributed by atoms with Crippen molar-refractivity contribution in [2.75, 3.05) is 26.2 Å². The van der Waals surface area contributed by atoms with Crippen LogP contribution in [0.2, 0.25) is 0 Å². The topological polar surface area (TPSA) is 59.1 Å². The van der Waals surface area contributed by atoms with Crippen LogP contribution in [0.25, 0.3) is 6.08 Å². The quantitative estimate of drug-likeness (QED) is 0.548. The Hall–Kier alpha value is -3.56. The van der Waals surface area contributed by atoms with E-state index in [-0.39, 0.29) is 60.6 Å². The minimum atomic E-state index is -3.76. The molecule has 2 amide bonds. The van der Waals surface area contributed by atoms with E-state index in [0.29, 0.717) is 0 Å². The lowest BCUT2D eigenvalue weighted by atomic mass is 10.1. The Bertz CT molecular complexity index is 1050. The molecule has 0 aromatic heterocycles. The van der Waals surface area contributed by atoms with Crippen LogP contribution in [0.4, 0.5) is 17.6 Å². The number of nitrogens with zero attached hydrogens (tertiary/aromatic N) is 2. The second-order valence-corrected chi connectivity index (χ2v) is 6.98.